The van der Waals surface area contributed by atoms with Crippen LogP contribution in [0.25, 0.3) is 0 Å². The fourth-order valence-corrected chi connectivity index (χ4v) is 5.00. The number of carbonyl (C=O) groups excluding carboxylic acids is 2. The zero-order chi connectivity index (χ0) is 22.7. The molecule has 1 unspecified atom stereocenters. The first-order chi connectivity index (χ1) is 15.5. The Balaban J connectivity index is 1.76. The molecule has 1 aliphatic heterocycles. The Morgan fingerprint density at radius 1 is 1.12 bits per heavy atom. The highest BCUT2D eigenvalue weighted by Gasteiger charge is 2.40. The van der Waals surface area contributed by atoms with Crippen molar-refractivity contribution in [2.45, 2.75) is 77.2 Å². The van der Waals surface area contributed by atoms with E-state index in [1.165, 1.54) is 0 Å². The van der Waals surface area contributed by atoms with E-state index >= 15 is 0 Å². The summed E-state index contributed by atoms with van der Waals surface area (Å²) >= 11 is 0. The maximum absolute atomic E-state index is 13.4. The molecule has 1 fully saturated rings. The van der Waals surface area contributed by atoms with Gasteiger partial charge in [-0.3, -0.25) is 4.79 Å². The molecule has 1 N–H and O–H groups in total. The van der Waals surface area contributed by atoms with Gasteiger partial charge < -0.3 is 19.5 Å². The number of ketones is 1. The standard InChI is InChI=1S/C26H33NO5/c1-4-14-31-21-13-12-17(15-22(21)30-3)24-23(26(29)32-18-8-5-6-9-18)16(2)27-19-10-7-11-20(28)25(19)24/h12-13,15,18,24,27H,4-11,14H2,1-3H3. The average Bonchev–Trinajstić information content (AvgIpc) is 3.29. The number of methoxy groups -OCH3 is 1. The number of nitrogens with one attached hydrogen (secondary N) is 1. The van der Waals surface area contributed by atoms with Gasteiger partial charge in [0.15, 0.2) is 17.3 Å². The zero-order valence-electron chi connectivity index (χ0n) is 19.3. The second-order valence-corrected chi connectivity index (χ2v) is 8.84. The van der Waals surface area contributed by atoms with Gasteiger partial charge in [0.05, 0.1) is 19.3 Å². The number of hydrogen-bond donors (Lipinski definition) is 1. The van der Waals surface area contributed by atoms with Crippen molar-refractivity contribution in [2.24, 2.45) is 0 Å². The van der Waals surface area contributed by atoms with Crippen LogP contribution in [0, 0.1) is 0 Å². The maximum atomic E-state index is 13.4. The maximum Gasteiger partial charge on any atom is 0.337 e. The van der Waals surface area contributed by atoms with Gasteiger partial charge in [-0.15, -0.1) is 0 Å². The van der Waals surface area contributed by atoms with Gasteiger partial charge >= 0.3 is 5.97 Å². The van der Waals surface area contributed by atoms with Gasteiger partial charge in [0, 0.05) is 29.3 Å². The number of benzene rings is 1. The van der Waals surface area contributed by atoms with Gasteiger partial charge in [0.1, 0.15) is 6.10 Å². The molecule has 1 heterocycles. The Morgan fingerprint density at radius 2 is 1.91 bits per heavy atom. The molecule has 6 heteroatoms. The van der Waals surface area contributed by atoms with Gasteiger partial charge in [-0.25, -0.2) is 4.79 Å². The number of carbonyl (C=O) groups is 2. The molecule has 0 radical (unpaired) electrons. The topological polar surface area (TPSA) is 73.9 Å². The second-order valence-electron chi connectivity index (χ2n) is 8.84. The average molecular weight is 440 g/mol. The van der Waals surface area contributed by atoms with Crippen LogP contribution in [0.5, 0.6) is 11.5 Å². The Labute approximate surface area is 190 Å². The van der Waals surface area contributed by atoms with Crippen molar-refractivity contribution in [1.82, 2.24) is 5.32 Å². The molecule has 4 rings (SSSR count). The lowest BCUT2D eigenvalue weighted by molar-refractivity contribution is -0.144. The molecule has 172 valence electrons. The third kappa shape index (κ3) is 4.41. The molecule has 1 aromatic rings. The van der Waals surface area contributed by atoms with Crippen LogP contribution in [-0.4, -0.2) is 31.6 Å². The van der Waals surface area contributed by atoms with E-state index in [0.29, 0.717) is 35.7 Å². The summed E-state index contributed by atoms with van der Waals surface area (Å²) in [7, 11) is 1.60. The van der Waals surface area contributed by atoms with E-state index < -0.39 is 5.92 Å². The summed E-state index contributed by atoms with van der Waals surface area (Å²) in [6.45, 7) is 4.54. The largest absolute Gasteiger partial charge is 0.493 e. The van der Waals surface area contributed by atoms with E-state index in [1.54, 1.807) is 7.11 Å². The first kappa shape index (κ1) is 22.4. The summed E-state index contributed by atoms with van der Waals surface area (Å²) in [6.07, 6.45) is 6.94. The van der Waals surface area contributed by atoms with Crippen molar-refractivity contribution >= 4 is 11.8 Å². The summed E-state index contributed by atoms with van der Waals surface area (Å²) < 4.78 is 17.3. The first-order valence-electron chi connectivity index (χ1n) is 11.8. The van der Waals surface area contributed by atoms with E-state index in [0.717, 1.165) is 61.9 Å². The highest BCUT2D eigenvalue weighted by molar-refractivity contribution is 6.03. The third-order valence-corrected chi connectivity index (χ3v) is 6.55. The summed E-state index contributed by atoms with van der Waals surface area (Å²) in [5.74, 6) is 0.546. The van der Waals surface area contributed by atoms with Crippen LogP contribution < -0.4 is 14.8 Å². The molecule has 1 aromatic carbocycles. The molecule has 6 nitrogen and oxygen atoms in total. The van der Waals surface area contributed by atoms with Crippen LogP contribution in [0.1, 0.15) is 76.7 Å². The van der Waals surface area contributed by atoms with Crippen molar-refractivity contribution in [3.63, 3.8) is 0 Å². The Kier molecular flexibility index (Phi) is 6.87. The van der Waals surface area contributed by atoms with Crippen LogP contribution in [0.3, 0.4) is 0 Å². The number of rotatable bonds is 7. The van der Waals surface area contributed by atoms with Gasteiger partial charge in [-0.05, 0) is 69.6 Å². The number of hydrogen-bond acceptors (Lipinski definition) is 6. The fourth-order valence-electron chi connectivity index (χ4n) is 5.00. The molecule has 2 aliphatic carbocycles. The van der Waals surface area contributed by atoms with E-state index in [9.17, 15) is 9.59 Å². The van der Waals surface area contributed by atoms with Gasteiger partial charge in [-0.2, -0.15) is 0 Å². The van der Waals surface area contributed by atoms with Crippen molar-refractivity contribution < 1.29 is 23.8 Å². The van der Waals surface area contributed by atoms with Crippen LogP contribution in [-0.2, 0) is 14.3 Å². The lowest BCUT2D eigenvalue weighted by atomic mass is 9.75. The van der Waals surface area contributed by atoms with Gasteiger partial charge in [0.2, 0.25) is 0 Å². The SMILES string of the molecule is CCCOc1ccc(C2C(C(=O)OC3CCCC3)=C(C)NC3=C2C(=O)CCC3)cc1OC. The Bertz CT molecular complexity index is 955. The summed E-state index contributed by atoms with van der Waals surface area (Å²) in [6, 6.07) is 5.70. The van der Waals surface area contributed by atoms with Crippen LogP contribution in [0.4, 0.5) is 0 Å². The van der Waals surface area contributed by atoms with Crippen molar-refractivity contribution in [3.05, 3.63) is 46.3 Å². The molecule has 3 aliphatic rings. The molecule has 32 heavy (non-hydrogen) atoms. The highest BCUT2D eigenvalue weighted by Crippen LogP contribution is 2.44. The number of dihydropyridines is 1. The Hall–Kier alpha value is -2.76. The molecular weight excluding hydrogens is 406 g/mol. The van der Waals surface area contributed by atoms with Crippen molar-refractivity contribution in [3.8, 4) is 11.5 Å². The van der Waals surface area contributed by atoms with E-state index in [4.69, 9.17) is 14.2 Å². The highest BCUT2D eigenvalue weighted by atomic mass is 16.5. The molecule has 0 aromatic heterocycles. The second kappa shape index (κ2) is 9.80. The molecule has 0 spiro atoms. The minimum atomic E-state index is -0.470. The number of Topliss-reactive ketones (excluding diaryl/α,β-unsaturated/α-hetero) is 1. The van der Waals surface area contributed by atoms with E-state index in [-0.39, 0.29) is 17.9 Å². The fraction of sp³-hybridized carbons (Fsp3) is 0.538. The summed E-state index contributed by atoms with van der Waals surface area (Å²) in [5, 5.41) is 3.35. The van der Waals surface area contributed by atoms with Gasteiger partial charge in [-0.1, -0.05) is 13.0 Å². The molecule has 0 saturated heterocycles. The minimum Gasteiger partial charge on any atom is -0.493 e. The zero-order valence-corrected chi connectivity index (χ0v) is 19.3. The molecule has 1 atom stereocenters. The lowest BCUT2D eigenvalue weighted by Gasteiger charge is -2.34. The first-order valence-corrected chi connectivity index (χ1v) is 11.8. The van der Waals surface area contributed by atoms with E-state index in [1.807, 2.05) is 32.0 Å². The summed E-state index contributed by atoms with van der Waals surface area (Å²) in [4.78, 5) is 26.4. The van der Waals surface area contributed by atoms with Crippen molar-refractivity contribution in [2.75, 3.05) is 13.7 Å². The summed E-state index contributed by atoms with van der Waals surface area (Å²) in [5.41, 5.74) is 3.73. The molecule has 0 bridgehead atoms. The van der Waals surface area contributed by atoms with Gasteiger partial charge in [0.25, 0.3) is 0 Å². The lowest BCUT2D eigenvalue weighted by Crippen LogP contribution is -2.35. The minimum absolute atomic E-state index is 0.0414. The van der Waals surface area contributed by atoms with Crippen LogP contribution in [0.2, 0.25) is 0 Å². The van der Waals surface area contributed by atoms with Crippen LogP contribution >= 0.6 is 0 Å². The Morgan fingerprint density at radius 3 is 2.62 bits per heavy atom. The van der Waals surface area contributed by atoms with E-state index in [2.05, 4.69) is 5.32 Å². The molecule has 1 saturated carbocycles. The van der Waals surface area contributed by atoms with Crippen molar-refractivity contribution in [1.29, 1.82) is 0 Å². The normalized spacial score (nSPS) is 21.3. The number of esters is 1. The van der Waals surface area contributed by atoms with Crippen LogP contribution in [0.15, 0.2) is 40.7 Å². The monoisotopic (exact) mass is 439 g/mol. The third-order valence-electron chi connectivity index (χ3n) is 6.55. The number of ether oxygens (including phenoxy) is 3. The molecule has 0 amide bonds. The predicted molar refractivity (Wildman–Crippen MR) is 122 cm³/mol. The smallest absolute Gasteiger partial charge is 0.337 e. The molecular formula is C26H33NO5. The number of allylic oxidation sites excluding steroid dienone is 3. The quantitative estimate of drug-likeness (QED) is 0.607. The predicted octanol–water partition coefficient (Wildman–Crippen LogP) is 4.94.